The summed E-state index contributed by atoms with van der Waals surface area (Å²) in [4.78, 5) is 4.98. The van der Waals surface area contributed by atoms with Crippen LogP contribution in [0.2, 0.25) is 0 Å². The molecule has 0 unspecified atom stereocenters. The van der Waals surface area contributed by atoms with E-state index >= 15 is 0 Å². The van der Waals surface area contributed by atoms with Gasteiger partial charge in [-0.05, 0) is 24.4 Å². The summed E-state index contributed by atoms with van der Waals surface area (Å²) in [6, 6.07) is 0. The second-order valence-electron chi connectivity index (χ2n) is 6.55. The van der Waals surface area contributed by atoms with E-state index in [4.69, 9.17) is 5.73 Å². The Kier molecular flexibility index (Phi) is 4.38. The molecule has 1 aliphatic heterocycles. The Balaban J connectivity index is 2.52. The third-order valence-electron chi connectivity index (χ3n) is 4.56. The average Bonchev–Trinajstić information content (AvgIpc) is 2.21. The van der Waals surface area contributed by atoms with Gasteiger partial charge in [0.25, 0.3) is 0 Å². The molecule has 3 nitrogen and oxygen atoms in total. The standard InChI is InChI=1S/C13H29N3/c1-12(2,10-14)13(3,4)11-16-8-6-15(5)7-9-16/h6-11,14H2,1-5H3. The van der Waals surface area contributed by atoms with Crippen LogP contribution in [0.25, 0.3) is 0 Å². The van der Waals surface area contributed by atoms with Crippen molar-refractivity contribution < 1.29 is 0 Å². The highest BCUT2D eigenvalue weighted by Gasteiger charge is 2.37. The number of hydrogen-bond donors (Lipinski definition) is 1. The number of hydrogen-bond acceptors (Lipinski definition) is 3. The zero-order valence-corrected chi connectivity index (χ0v) is 11.7. The molecule has 1 heterocycles. The fourth-order valence-corrected chi connectivity index (χ4v) is 2.06. The first-order chi connectivity index (χ1) is 7.28. The third kappa shape index (κ3) is 3.19. The van der Waals surface area contributed by atoms with Gasteiger partial charge in [0.15, 0.2) is 0 Å². The van der Waals surface area contributed by atoms with Crippen molar-refractivity contribution in [1.82, 2.24) is 9.80 Å². The van der Waals surface area contributed by atoms with E-state index in [0.717, 1.165) is 13.1 Å². The summed E-state index contributed by atoms with van der Waals surface area (Å²) in [6.07, 6.45) is 0. The van der Waals surface area contributed by atoms with Gasteiger partial charge in [0, 0.05) is 32.7 Å². The minimum absolute atomic E-state index is 0.205. The lowest BCUT2D eigenvalue weighted by Gasteiger charge is -2.45. The summed E-state index contributed by atoms with van der Waals surface area (Å²) in [5, 5.41) is 0. The van der Waals surface area contributed by atoms with Gasteiger partial charge >= 0.3 is 0 Å². The molecule has 0 amide bonds. The van der Waals surface area contributed by atoms with Crippen LogP contribution in [-0.4, -0.2) is 56.1 Å². The van der Waals surface area contributed by atoms with Gasteiger partial charge in [0.2, 0.25) is 0 Å². The molecule has 1 fully saturated rings. The molecule has 16 heavy (non-hydrogen) atoms. The van der Waals surface area contributed by atoms with E-state index in [1.165, 1.54) is 26.2 Å². The van der Waals surface area contributed by atoms with Gasteiger partial charge in [0.05, 0.1) is 0 Å². The maximum Gasteiger partial charge on any atom is 0.0110 e. The normalized spacial score (nSPS) is 21.4. The molecule has 0 radical (unpaired) electrons. The van der Waals surface area contributed by atoms with Gasteiger partial charge in [-0.2, -0.15) is 0 Å². The van der Waals surface area contributed by atoms with Gasteiger partial charge in [-0.15, -0.1) is 0 Å². The molecule has 0 atom stereocenters. The van der Waals surface area contributed by atoms with E-state index in [-0.39, 0.29) is 10.8 Å². The van der Waals surface area contributed by atoms with Crippen LogP contribution in [0.15, 0.2) is 0 Å². The summed E-state index contributed by atoms with van der Waals surface area (Å²) in [7, 11) is 2.20. The van der Waals surface area contributed by atoms with Crippen molar-refractivity contribution in [3.63, 3.8) is 0 Å². The Labute approximate surface area is 101 Å². The van der Waals surface area contributed by atoms with Crippen molar-refractivity contribution in [3.05, 3.63) is 0 Å². The molecule has 1 aliphatic rings. The highest BCUT2D eigenvalue weighted by molar-refractivity contribution is 4.90. The fraction of sp³-hybridized carbons (Fsp3) is 1.00. The van der Waals surface area contributed by atoms with E-state index in [0.29, 0.717) is 0 Å². The minimum Gasteiger partial charge on any atom is -0.330 e. The van der Waals surface area contributed by atoms with Crippen molar-refractivity contribution in [2.24, 2.45) is 16.6 Å². The van der Waals surface area contributed by atoms with Crippen LogP contribution in [0.4, 0.5) is 0 Å². The molecular formula is C13H29N3. The lowest BCUT2D eigenvalue weighted by atomic mass is 9.67. The molecule has 3 heteroatoms. The molecule has 1 saturated heterocycles. The second kappa shape index (κ2) is 5.03. The molecule has 0 spiro atoms. The van der Waals surface area contributed by atoms with Crippen LogP contribution < -0.4 is 5.73 Å². The molecule has 96 valence electrons. The Hall–Kier alpha value is -0.120. The smallest absolute Gasteiger partial charge is 0.0110 e. The number of likely N-dealkylation sites (N-methyl/N-ethyl adjacent to an activating group) is 1. The number of piperazine rings is 1. The van der Waals surface area contributed by atoms with Gasteiger partial charge in [-0.25, -0.2) is 0 Å². The summed E-state index contributed by atoms with van der Waals surface area (Å²) < 4.78 is 0. The molecule has 0 bridgehead atoms. The average molecular weight is 227 g/mol. The van der Waals surface area contributed by atoms with E-state index in [1.54, 1.807) is 0 Å². The van der Waals surface area contributed by atoms with Crippen molar-refractivity contribution in [2.75, 3.05) is 46.3 Å². The maximum absolute atomic E-state index is 5.89. The molecular weight excluding hydrogens is 198 g/mol. The fourth-order valence-electron chi connectivity index (χ4n) is 2.06. The van der Waals surface area contributed by atoms with E-state index in [2.05, 4.69) is 44.5 Å². The van der Waals surface area contributed by atoms with Crippen molar-refractivity contribution in [3.8, 4) is 0 Å². The number of nitrogens with two attached hydrogens (primary N) is 1. The maximum atomic E-state index is 5.89. The molecule has 0 aromatic heterocycles. The van der Waals surface area contributed by atoms with E-state index < -0.39 is 0 Å². The third-order valence-corrected chi connectivity index (χ3v) is 4.56. The number of rotatable bonds is 4. The predicted octanol–water partition coefficient (Wildman–Crippen LogP) is 1.24. The van der Waals surface area contributed by atoms with Gasteiger partial charge < -0.3 is 15.5 Å². The molecule has 0 aromatic rings. The molecule has 0 aromatic carbocycles. The first-order valence-corrected chi connectivity index (χ1v) is 6.39. The van der Waals surface area contributed by atoms with Crippen molar-refractivity contribution >= 4 is 0 Å². The van der Waals surface area contributed by atoms with Crippen LogP contribution in [-0.2, 0) is 0 Å². The molecule has 0 saturated carbocycles. The van der Waals surface area contributed by atoms with E-state index in [1.807, 2.05) is 0 Å². The SMILES string of the molecule is CN1CCN(CC(C)(C)C(C)(C)CN)CC1. The number of nitrogens with zero attached hydrogens (tertiary/aromatic N) is 2. The summed E-state index contributed by atoms with van der Waals surface area (Å²) >= 11 is 0. The zero-order chi connectivity index (χ0) is 12.4. The van der Waals surface area contributed by atoms with Crippen molar-refractivity contribution in [2.45, 2.75) is 27.7 Å². The van der Waals surface area contributed by atoms with Crippen LogP contribution in [0.1, 0.15) is 27.7 Å². The Morgan fingerprint density at radius 3 is 1.88 bits per heavy atom. The van der Waals surface area contributed by atoms with Gasteiger partial charge in [0.1, 0.15) is 0 Å². The molecule has 0 aliphatic carbocycles. The van der Waals surface area contributed by atoms with Crippen LogP contribution in [0.5, 0.6) is 0 Å². The zero-order valence-electron chi connectivity index (χ0n) is 11.7. The van der Waals surface area contributed by atoms with Crippen LogP contribution in [0.3, 0.4) is 0 Å². The predicted molar refractivity (Wildman–Crippen MR) is 70.6 cm³/mol. The van der Waals surface area contributed by atoms with Gasteiger partial charge in [-0.1, -0.05) is 27.7 Å². The first-order valence-electron chi connectivity index (χ1n) is 6.39. The van der Waals surface area contributed by atoms with Crippen LogP contribution >= 0.6 is 0 Å². The lowest BCUT2D eigenvalue weighted by molar-refractivity contribution is 0.0413. The molecule has 2 N–H and O–H groups in total. The summed E-state index contributed by atoms with van der Waals surface area (Å²) in [6.45, 7) is 15.9. The minimum atomic E-state index is 0.205. The Bertz CT molecular complexity index is 215. The Morgan fingerprint density at radius 1 is 0.938 bits per heavy atom. The highest BCUT2D eigenvalue weighted by atomic mass is 15.2. The molecule has 1 rings (SSSR count). The highest BCUT2D eigenvalue weighted by Crippen LogP contribution is 2.38. The quantitative estimate of drug-likeness (QED) is 0.784. The van der Waals surface area contributed by atoms with E-state index in [9.17, 15) is 0 Å². The lowest BCUT2D eigenvalue weighted by Crippen LogP contribution is -2.51. The first kappa shape index (κ1) is 13.9. The summed E-state index contributed by atoms with van der Waals surface area (Å²) in [5.41, 5.74) is 6.37. The largest absolute Gasteiger partial charge is 0.330 e. The monoisotopic (exact) mass is 227 g/mol. The van der Waals surface area contributed by atoms with Crippen molar-refractivity contribution in [1.29, 1.82) is 0 Å². The topological polar surface area (TPSA) is 32.5 Å². The van der Waals surface area contributed by atoms with Gasteiger partial charge in [-0.3, -0.25) is 0 Å². The Morgan fingerprint density at radius 2 is 1.44 bits per heavy atom. The van der Waals surface area contributed by atoms with Crippen LogP contribution in [0, 0.1) is 10.8 Å². The second-order valence-corrected chi connectivity index (χ2v) is 6.55. The summed E-state index contributed by atoms with van der Waals surface area (Å²) in [5.74, 6) is 0.